The van der Waals surface area contributed by atoms with Crippen LogP contribution in [0.15, 0.2) is 30.3 Å². The Balaban J connectivity index is 1.30. The summed E-state index contributed by atoms with van der Waals surface area (Å²) in [6.45, 7) is 0.964. The van der Waals surface area contributed by atoms with Crippen molar-refractivity contribution in [3.05, 3.63) is 41.5 Å². The third-order valence-electron chi connectivity index (χ3n) is 7.70. The molecule has 0 saturated carbocycles. The summed E-state index contributed by atoms with van der Waals surface area (Å²) in [6.07, 6.45) is -15.9. The molecule has 7 unspecified atom stereocenters. The smallest absolute Gasteiger partial charge is 0.229 e. The maximum atomic E-state index is 12.9. The Morgan fingerprint density at radius 2 is 1.53 bits per heavy atom. The molecule has 15 nitrogen and oxygen atoms in total. The van der Waals surface area contributed by atoms with E-state index in [1.54, 1.807) is 6.07 Å². The number of hydrogen-bond acceptors (Lipinski definition) is 15. The van der Waals surface area contributed by atoms with Crippen molar-refractivity contribution in [3.8, 4) is 28.7 Å². The molecule has 2 aromatic rings. The Morgan fingerprint density at radius 1 is 0.837 bits per heavy atom. The van der Waals surface area contributed by atoms with Crippen LogP contribution in [0.5, 0.6) is 28.7 Å². The molecule has 43 heavy (non-hydrogen) atoms. The van der Waals surface area contributed by atoms with Gasteiger partial charge < -0.3 is 69.3 Å². The average molecular weight is 611 g/mol. The van der Waals surface area contributed by atoms with Crippen molar-refractivity contribution in [2.24, 2.45) is 0 Å². The number of Topliss-reactive ketones (excluding diaryl/α,β-unsaturated/α-hetero) is 1. The minimum Gasteiger partial charge on any atom is -0.507 e. The normalized spacial score (nSPS) is 36.0. The fraction of sp³-hybridized carbons (Fsp3) is 0.536. The van der Waals surface area contributed by atoms with Gasteiger partial charge in [0.15, 0.2) is 23.6 Å². The summed E-state index contributed by atoms with van der Waals surface area (Å²) in [6, 6.07) is 6.90. The fourth-order valence-electron chi connectivity index (χ4n) is 5.20. The van der Waals surface area contributed by atoms with Crippen LogP contribution in [0.1, 0.15) is 35.4 Å². The summed E-state index contributed by atoms with van der Waals surface area (Å²) < 4.78 is 33.1. The number of methoxy groups -OCH3 is 1. The number of phenolic OH excluding ortho intramolecular Hbond substituents is 2. The zero-order chi connectivity index (χ0) is 31.2. The lowest BCUT2D eigenvalue weighted by atomic mass is 9.95. The maximum Gasteiger partial charge on any atom is 0.229 e. The van der Waals surface area contributed by atoms with E-state index in [1.807, 2.05) is 0 Å². The number of aliphatic hydroxyl groups is 6. The van der Waals surface area contributed by atoms with E-state index < -0.39 is 85.7 Å². The van der Waals surface area contributed by atoms with Gasteiger partial charge in [-0.1, -0.05) is 6.07 Å². The van der Waals surface area contributed by atoms with Gasteiger partial charge in [0, 0.05) is 12.1 Å². The highest BCUT2D eigenvalue weighted by molar-refractivity contribution is 6.02. The van der Waals surface area contributed by atoms with Gasteiger partial charge in [0.2, 0.25) is 6.29 Å². The summed E-state index contributed by atoms with van der Waals surface area (Å²) in [5.41, 5.74) is 0.373. The Hall–Kier alpha value is -3.25. The van der Waals surface area contributed by atoms with E-state index in [9.17, 15) is 45.6 Å². The molecule has 0 aliphatic carbocycles. The number of carbonyl (C=O) groups is 1. The van der Waals surface area contributed by atoms with E-state index in [1.165, 1.54) is 32.2 Å². The zero-order valence-corrected chi connectivity index (χ0v) is 23.1. The van der Waals surface area contributed by atoms with Gasteiger partial charge in [-0.3, -0.25) is 4.79 Å². The molecule has 0 spiro atoms. The summed E-state index contributed by atoms with van der Waals surface area (Å²) in [5, 5.41) is 82.2. The van der Waals surface area contributed by atoms with Gasteiger partial charge >= 0.3 is 0 Å². The lowest BCUT2D eigenvalue weighted by Crippen LogP contribution is -2.61. The topological polar surface area (TPSA) is 234 Å². The highest BCUT2D eigenvalue weighted by Gasteiger charge is 2.47. The molecule has 236 valence electrons. The summed E-state index contributed by atoms with van der Waals surface area (Å²) in [7, 11) is 1.39. The highest BCUT2D eigenvalue weighted by Crippen LogP contribution is 2.43. The van der Waals surface area contributed by atoms with E-state index in [0.29, 0.717) is 5.56 Å². The van der Waals surface area contributed by atoms with E-state index in [-0.39, 0.29) is 35.0 Å². The van der Waals surface area contributed by atoms with Crippen LogP contribution < -0.4 is 14.2 Å². The van der Waals surface area contributed by atoms with Crippen LogP contribution in [0.4, 0.5) is 0 Å². The van der Waals surface area contributed by atoms with E-state index in [0.717, 1.165) is 6.07 Å². The number of ketones is 1. The first kappa shape index (κ1) is 31.2. The van der Waals surface area contributed by atoms with Gasteiger partial charge in [0.1, 0.15) is 71.6 Å². The fourth-order valence-corrected chi connectivity index (χ4v) is 5.20. The summed E-state index contributed by atoms with van der Waals surface area (Å²) in [4.78, 5) is 12.9. The lowest BCUT2D eigenvalue weighted by Gasteiger charge is -2.42. The second-order valence-corrected chi connectivity index (χ2v) is 10.6. The number of fused-ring (bicyclic) bond motifs is 1. The van der Waals surface area contributed by atoms with Crippen molar-refractivity contribution >= 4 is 5.78 Å². The third-order valence-corrected chi connectivity index (χ3v) is 7.70. The van der Waals surface area contributed by atoms with Gasteiger partial charge in [-0.25, -0.2) is 0 Å². The first-order valence-electron chi connectivity index (χ1n) is 13.5. The standard InChI is InChI=1S/C28H34O15/c1-10-21(32)23(34)25(36)27(40-10)39-9-19-22(33)24(35)26(37)28(43-19)41-12-6-14(30)20-15(31)8-17(42-18(20)7-12)11-3-4-16(38-2)13(29)5-11/h3-7,10,17,19,21-30,32-37H,8-9H2,1-2H3/t10?,17?,19?,21-,22-,23?,24?,25?,26?,27+,28+/m0/s1. The van der Waals surface area contributed by atoms with E-state index in [4.69, 9.17) is 28.4 Å². The first-order valence-corrected chi connectivity index (χ1v) is 13.5. The third kappa shape index (κ3) is 6.08. The first-order chi connectivity index (χ1) is 20.4. The number of benzene rings is 2. The van der Waals surface area contributed by atoms with Crippen molar-refractivity contribution in [3.63, 3.8) is 0 Å². The second kappa shape index (κ2) is 12.4. The molecule has 2 fully saturated rings. The average Bonchev–Trinajstić information content (AvgIpc) is 2.97. The molecule has 15 heteroatoms. The van der Waals surface area contributed by atoms with E-state index in [2.05, 4.69) is 0 Å². The summed E-state index contributed by atoms with van der Waals surface area (Å²) in [5.74, 6) is -0.999. The van der Waals surface area contributed by atoms with Crippen LogP contribution in [-0.4, -0.2) is 122 Å². The second-order valence-electron chi connectivity index (χ2n) is 10.6. The van der Waals surface area contributed by atoms with Crippen molar-refractivity contribution in [2.45, 2.75) is 80.9 Å². The van der Waals surface area contributed by atoms with Crippen LogP contribution in [0, 0.1) is 0 Å². The largest absolute Gasteiger partial charge is 0.507 e. The van der Waals surface area contributed by atoms with Gasteiger partial charge in [-0.05, 0) is 24.6 Å². The van der Waals surface area contributed by atoms with Gasteiger partial charge in [-0.15, -0.1) is 0 Å². The summed E-state index contributed by atoms with van der Waals surface area (Å²) >= 11 is 0. The molecule has 3 aliphatic rings. The molecule has 11 atom stereocenters. The minimum atomic E-state index is -1.77. The predicted molar refractivity (Wildman–Crippen MR) is 141 cm³/mol. The number of carbonyl (C=O) groups excluding carboxylic acids is 1. The van der Waals surface area contributed by atoms with Crippen LogP contribution in [-0.2, 0) is 14.2 Å². The van der Waals surface area contributed by atoms with Crippen LogP contribution in [0.25, 0.3) is 0 Å². The maximum absolute atomic E-state index is 12.9. The number of ether oxygens (including phenoxy) is 6. The molecular formula is C28H34O15. The number of phenols is 2. The molecule has 3 aliphatic heterocycles. The molecule has 5 rings (SSSR count). The zero-order valence-electron chi connectivity index (χ0n) is 23.1. The van der Waals surface area contributed by atoms with Gasteiger partial charge in [0.05, 0.1) is 26.2 Å². The molecule has 3 heterocycles. The molecule has 0 aromatic heterocycles. The minimum absolute atomic E-state index is 0.0457. The Kier molecular flexibility index (Phi) is 8.99. The van der Waals surface area contributed by atoms with Gasteiger partial charge in [-0.2, -0.15) is 0 Å². The molecule has 0 radical (unpaired) electrons. The molecule has 8 N–H and O–H groups in total. The Labute approximate surface area is 245 Å². The van der Waals surface area contributed by atoms with Gasteiger partial charge in [0.25, 0.3) is 0 Å². The monoisotopic (exact) mass is 610 g/mol. The Bertz CT molecular complexity index is 1320. The van der Waals surface area contributed by atoms with Crippen molar-refractivity contribution < 1.29 is 74.1 Å². The van der Waals surface area contributed by atoms with Crippen molar-refractivity contribution in [1.29, 1.82) is 0 Å². The SMILES string of the molecule is COc1ccc(C2CC(=O)c3c(O)cc(O[C@@H]4OC(CO[C@@H]5OC(C)[C@H](O)C(O)C5O)[C@H](O)C(O)C4O)cc3O2)cc1O. The molecule has 0 bridgehead atoms. The molecular weight excluding hydrogens is 576 g/mol. The van der Waals surface area contributed by atoms with Crippen LogP contribution in [0.2, 0.25) is 0 Å². The molecule has 0 amide bonds. The lowest BCUT2D eigenvalue weighted by molar-refractivity contribution is -0.318. The highest BCUT2D eigenvalue weighted by atomic mass is 16.7. The number of rotatable bonds is 7. The quantitative estimate of drug-likeness (QED) is 0.185. The predicted octanol–water partition coefficient (Wildman–Crippen LogP) is -1.16. The van der Waals surface area contributed by atoms with Crippen LogP contribution >= 0.6 is 0 Å². The van der Waals surface area contributed by atoms with Crippen LogP contribution in [0.3, 0.4) is 0 Å². The van der Waals surface area contributed by atoms with E-state index >= 15 is 0 Å². The number of aliphatic hydroxyl groups excluding tert-OH is 6. The Morgan fingerprint density at radius 3 is 2.23 bits per heavy atom. The van der Waals surface area contributed by atoms with Crippen molar-refractivity contribution in [2.75, 3.05) is 13.7 Å². The molecule has 2 saturated heterocycles. The number of hydrogen-bond donors (Lipinski definition) is 8. The molecule has 2 aromatic carbocycles. The van der Waals surface area contributed by atoms with Crippen molar-refractivity contribution in [1.82, 2.24) is 0 Å². The number of aromatic hydroxyl groups is 2.